The fourth-order valence-electron chi connectivity index (χ4n) is 3.50. The zero-order valence-electron chi connectivity index (χ0n) is 18.6. The van der Waals surface area contributed by atoms with Crippen LogP contribution in [0.3, 0.4) is 0 Å². The second-order valence-corrected chi connectivity index (χ2v) is 7.59. The summed E-state index contributed by atoms with van der Waals surface area (Å²) in [6, 6.07) is 27.5. The number of ether oxygens (including phenoxy) is 1. The van der Waals surface area contributed by atoms with E-state index in [0.717, 1.165) is 11.1 Å². The van der Waals surface area contributed by atoms with Crippen molar-refractivity contribution < 1.29 is 4.74 Å². The van der Waals surface area contributed by atoms with Crippen LogP contribution in [0, 0.1) is 0 Å². The fourth-order valence-corrected chi connectivity index (χ4v) is 3.50. The molecule has 0 spiro atoms. The Morgan fingerprint density at radius 2 is 1.48 bits per heavy atom. The fraction of sp³-hybridized carbons (Fsp3) is 0.143. The van der Waals surface area contributed by atoms with Crippen LogP contribution in [0.2, 0.25) is 0 Å². The van der Waals surface area contributed by atoms with Crippen molar-refractivity contribution in [3.8, 4) is 0 Å². The molecule has 3 aromatic carbocycles. The molecule has 1 heterocycles. The summed E-state index contributed by atoms with van der Waals surface area (Å²) in [5.41, 5.74) is 5.93. The first kappa shape index (κ1) is 22.2. The topological polar surface area (TPSA) is 56.1 Å². The van der Waals surface area contributed by atoms with Crippen LogP contribution in [0.5, 0.6) is 0 Å². The van der Waals surface area contributed by atoms with Gasteiger partial charge in [-0.1, -0.05) is 97.1 Å². The van der Waals surface area contributed by atoms with Crippen molar-refractivity contribution in [2.24, 2.45) is 0 Å². The van der Waals surface area contributed by atoms with Gasteiger partial charge in [-0.2, -0.15) is 0 Å². The predicted molar refractivity (Wildman–Crippen MR) is 136 cm³/mol. The Kier molecular flexibility index (Phi) is 7.46. The zero-order valence-corrected chi connectivity index (χ0v) is 18.6. The van der Waals surface area contributed by atoms with E-state index in [0.29, 0.717) is 29.9 Å². The third-order valence-electron chi connectivity index (χ3n) is 5.19. The number of rotatable bonds is 9. The van der Waals surface area contributed by atoms with E-state index >= 15 is 0 Å². The quantitative estimate of drug-likeness (QED) is 0.379. The van der Waals surface area contributed by atoms with Gasteiger partial charge in [-0.05, 0) is 30.2 Å². The van der Waals surface area contributed by atoms with Crippen LogP contribution in [0.4, 0.5) is 0 Å². The first-order valence-electron chi connectivity index (χ1n) is 11.0. The van der Waals surface area contributed by atoms with Crippen molar-refractivity contribution in [3.63, 3.8) is 0 Å². The minimum absolute atomic E-state index is 0.140. The highest BCUT2D eigenvalue weighted by Crippen LogP contribution is 2.16. The summed E-state index contributed by atoms with van der Waals surface area (Å²) in [5.74, 6) is 0.542. The van der Waals surface area contributed by atoms with Crippen LogP contribution >= 0.6 is 0 Å². The molecule has 4 rings (SSSR count). The largest absolute Gasteiger partial charge is 0.366 e. The van der Waals surface area contributed by atoms with Gasteiger partial charge < -0.3 is 10.2 Å². The average molecular weight is 438 g/mol. The van der Waals surface area contributed by atoms with E-state index in [1.807, 2.05) is 110 Å². The summed E-state index contributed by atoms with van der Waals surface area (Å²) in [4.78, 5) is 17.9. The molecule has 0 fully saturated rings. The van der Waals surface area contributed by atoms with Crippen molar-refractivity contribution in [2.45, 2.75) is 13.0 Å². The summed E-state index contributed by atoms with van der Waals surface area (Å²) in [5, 5.41) is 0.567. The van der Waals surface area contributed by atoms with Gasteiger partial charge >= 0.3 is 0 Å². The van der Waals surface area contributed by atoms with Gasteiger partial charge in [0.25, 0.3) is 5.56 Å². The number of benzene rings is 3. The lowest BCUT2D eigenvalue weighted by Gasteiger charge is -2.19. The van der Waals surface area contributed by atoms with Gasteiger partial charge in [0.1, 0.15) is 6.10 Å². The van der Waals surface area contributed by atoms with Crippen LogP contribution in [0.25, 0.3) is 23.1 Å². The molecular formula is C28H27N3O2. The molecule has 0 saturated heterocycles. The van der Waals surface area contributed by atoms with Gasteiger partial charge in [0.15, 0.2) is 5.82 Å². The zero-order chi connectivity index (χ0) is 22.9. The lowest BCUT2D eigenvalue weighted by atomic mass is 10.2. The molecule has 0 aliphatic carbocycles. The molecule has 0 aliphatic rings. The van der Waals surface area contributed by atoms with E-state index in [4.69, 9.17) is 9.72 Å². The number of hydrogen-bond donors (Lipinski definition) is 1. The second-order valence-electron chi connectivity index (χ2n) is 7.59. The Morgan fingerprint density at radius 1 is 0.879 bits per heavy atom. The van der Waals surface area contributed by atoms with E-state index < -0.39 is 0 Å². The summed E-state index contributed by atoms with van der Waals surface area (Å²) < 4.78 is 7.51. The number of hydrogen-bond acceptors (Lipinski definition) is 4. The molecule has 0 aliphatic heterocycles. The van der Waals surface area contributed by atoms with Crippen molar-refractivity contribution in [2.75, 3.05) is 18.6 Å². The Labute approximate surface area is 193 Å². The third-order valence-corrected chi connectivity index (χ3v) is 5.19. The van der Waals surface area contributed by atoms with E-state index in [9.17, 15) is 4.79 Å². The molecule has 5 nitrogen and oxygen atoms in total. The van der Waals surface area contributed by atoms with Gasteiger partial charge in [0.05, 0.1) is 17.5 Å². The minimum atomic E-state index is -0.381. The summed E-state index contributed by atoms with van der Waals surface area (Å²) in [6.07, 6.45) is 7.59. The summed E-state index contributed by atoms with van der Waals surface area (Å²) in [6.45, 7) is 2.79. The molecule has 33 heavy (non-hydrogen) atoms. The molecule has 0 saturated carbocycles. The maximum atomic E-state index is 13.2. The van der Waals surface area contributed by atoms with E-state index in [2.05, 4.69) is 5.43 Å². The monoisotopic (exact) mass is 437 g/mol. The van der Waals surface area contributed by atoms with E-state index in [1.54, 1.807) is 6.07 Å². The normalized spacial score (nSPS) is 12.5. The first-order chi connectivity index (χ1) is 16.2. The molecule has 166 valence electrons. The Bertz CT molecular complexity index is 1300. The van der Waals surface area contributed by atoms with Crippen LogP contribution < -0.4 is 11.0 Å². The Balaban J connectivity index is 1.52. The van der Waals surface area contributed by atoms with Gasteiger partial charge in [0, 0.05) is 6.54 Å². The van der Waals surface area contributed by atoms with Crippen LogP contribution in [-0.4, -0.2) is 22.8 Å². The molecule has 0 radical (unpaired) electrons. The highest BCUT2D eigenvalue weighted by Gasteiger charge is 2.16. The van der Waals surface area contributed by atoms with Crippen LogP contribution in [-0.2, 0) is 4.74 Å². The smallest absolute Gasteiger partial charge is 0.280 e. The molecule has 1 unspecified atom stereocenters. The predicted octanol–water partition coefficient (Wildman–Crippen LogP) is 5.44. The molecule has 1 atom stereocenters. The van der Waals surface area contributed by atoms with E-state index in [1.165, 1.54) is 4.68 Å². The molecule has 1 aromatic heterocycles. The van der Waals surface area contributed by atoms with Crippen molar-refractivity contribution in [3.05, 3.63) is 124 Å². The van der Waals surface area contributed by atoms with Gasteiger partial charge in [-0.3, -0.25) is 4.79 Å². The number of aromatic nitrogens is 2. The minimum Gasteiger partial charge on any atom is -0.366 e. The maximum Gasteiger partial charge on any atom is 0.280 e. The van der Waals surface area contributed by atoms with Gasteiger partial charge in [0.2, 0.25) is 0 Å². The van der Waals surface area contributed by atoms with Crippen LogP contribution in [0.15, 0.2) is 102 Å². The summed E-state index contributed by atoms with van der Waals surface area (Å²) in [7, 11) is 0. The molecule has 1 N–H and O–H groups in total. The standard InChI is InChI=1S/C28H27N3O2/c1-22(33-21-11-17-24-14-6-3-7-15-24)27-30-26-19-9-8-18-25(26)28(32)31(27)29-20-10-16-23-12-4-2-5-13-23/h2-19,22,29H,20-21H2,1H3. The highest BCUT2D eigenvalue weighted by molar-refractivity contribution is 5.77. The SMILES string of the molecule is CC(OCC=Cc1ccccc1)c1nc2ccccc2c(=O)n1NCC=Cc1ccccc1. The highest BCUT2D eigenvalue weighted by atomic mass is 16.5. The number of fused-ring (bicyclic) bond motifs is 1. The Morgan fingerprint density at radius 3 is 2.18 bits per heavy atom. The number of nitrogens with zero attached hydrogens (tertiary/aromatic N) is 2. The lowest BCUT2D eigenvalue weighted by molar-refractivity contribution is 0.0796. The first-order valence-corrected chi connectivity index (χ1v) is 11.0. The van der Waals surface area contributed by atoms with Gasteiger partial charge in [-0.15, -0.1) is 0 Å². The Hall–Kier alpha value is -3.96. The molecule has 0 bridgehead atoms. The number of para-hydroxylation sites is 1. The molecule has 0 amide bonds. The van der Waals surface area contributed by atoms with E-state index in [-0.39, 0.29) is 11.7 Å². The average Bonchev–Trinajstić information content (AvgIpc) is 2.86. The third kappa shape index (κ3) is 5.84. The lowest BCUT2D eigenvalue weighted by Crippen LogP contribution is -2.34. The maximum absolute atomic E-state index is 13.2. The molecule has 4 aromatic rings. The number of nitrogens with one attached hydrogen (secondary N) is 1. The summed E-state index contributed by atoms with van der Waals surface area (Å²) >= 11 is 0. The van der Waals surface area contributed by atoms with Crippen molar-refractivity contribution in [1.82, 2.24) is 9.66 Å². The molecular weight excluding hydrogens is 410 g/mol. The van der Waals surface area contributed by atoms with Crippen molar-refractivity contribution >= 4 is 23.1 Å². The van der Waals surface area contributed by atoms with Gasteiger partial charge in [-0.25, -0.2) is 9.66 Å². The second kappa shape index (κ2) is 11.1. The van der Waals surface area contributed by atoms with Crippen molar-refractivity contribution in [1.29, 1.82) is 0 Å². The van der Waals surface area contributed by atoms with Crippen LogP contribution in [0.1, 0.15) is 30.0 Å². The molecule has 5 heteroatoms.